The van der Waals surface area contributed by atoms with Crippen molar-refractivity contribution in [3.8, 4) is 0 Å². The van der Waals surface area contributed by atoms with Crippen LogP contribution in [0.3, 0.4) is 0 Å². The Bertz CT molecular complexity index is 758. The molecule has 3 heteroatoms. The monoisotopic (exact) mass is 426 g/mol. The quantitative estimate of drug-likeness (QED) is 0.536. The molecule has 1 amide bonds. The van der Waals surface area contributed by atoms with Gasteiger partial charge in [0.25, 0.3) is 0 Å². The van der Waals surface area contributed by atoms with Crippen LogP contribution < -0.4 is 0 Å². The Hall–Kier alpha value is -0.830. The molecule has 3 saturated carbocycles. The van der Waals surface area contributed by atoms with E-state index in [4.69, 9.17) is 0 Å². The highest BCUT2D eigenvalue weighted by Crippen LogP contribution is 2.68. The Labute approximate surface area is 191 Å². The third-order valence-corrected chi connectivity index (χ3v) is 11.2. The van der Waals surface area contributed by atoms with Crippen molar-refractivity contribution in [3.05, 3.63) is 11.6 Å². The molecule has 1 aliphatic heterocycles. The number of carbonyl (C=O) groups is 1. The summed E-state index contributed by atoms with van der Waals surface area (Å²) in [5.41, 5.74) is 2.71. The number of hydrogen-bond acceptors (Lipinski definition) is 2. The summed E-state index contributed by atoms with van der Waals surface area (Å²) in [4.78, 5) is 17.5. The van der Waals surface area contributed by atoms with E-state index in [1.54, 1.807) is 5.57 Å². The van der Waals surface area contributed by atoms with Gasteiger partial charge in [-0.1, -0.05) is 32.4 Å². The smallest absolute Gasteiger partial charge is 0.222 e. The van der Waals surface area contributed by atoms with Gasteiger partial charge in [-0.3, -0.25) is 4.79 Å². The first-order valence-corrected chi connectivity index (χ1v) is 13.3. The molecule has 4 fully saturated rings. The van der Waals surface area contributed by atoms with Crippen LogP contribution in [-0.2, 0) is 4.79 Å². The van der Waals surface area contributed by atoms with Crippen LogP contribution in [0, 0.1) is 40.4 Å². The standard InChI is InChI=1S/C28H46N2O/c1-18(2)15-26(31)30(6)21-11-13-27(4)20(16-21)7-8-22-24(27)12-14-28-17-29(5)19(3)23(28)9-10-25(22)28/h7,18-19,21-25H,8-17H2,1-6H3/t19-,21-,22+,23+,24?,25-,27-,28-/m0/s1. The molecule has 0 aromatic heterocycles. The molecule has 4 aliphatic carbocycles. The number of amides is 1. The minimum absolute atomic E-state index is 0.342. The fraction of sp³-hybridized carbons (Fsp3) is 0.893. The molecule has 0 aromatic rings. The molecule has 1 spiro atoms. The third kappa shape index (κ3) is 3.19. The Morgan fingerprint density at radius 3 is 2.65 bits per heavy atom. The van der Waals surface area contributed by atoms with Gasteiger partial charge in [-0.05, 0) is 106 Å². The summed E-state index contributed by atoms with van der Waals surface area (Å²) in [7, 11) is 4.43. The SMILES string of the molecule is CC(C)CC(=O)N(C)[C@H]1CC[C@@]2(C)C(=CC[C@@H]3C2CC[C@]24CN(C)[C@@H](C)[C@H]2CC[C@@H]34)C1. The van der Waals surface area contributed by atoms with Gasteiger partial charge in [0, 0.05) is 32.1 Å². The van der Waals surface area contributed by atoms with Crippen molar-refractivity contribution in [3.63, 3.8) is 0 Å². The van der Waals surface area contributed by atoms with Crippen LogP contribution in [0.2, 0.25) is 0 Å². The maximum atomic E-state index is 12.7. The zero-order valence-corrected chi connectivity index (χ0v) is 21.0. The van der Waals surface area contributed by atoms with Crippen molar-refractivity contribution in [1.82, 2.24) is 9.80 Å². The van der Waals surface area contributed by atoms with E-state index in [9.17, 15) is 4.79 Å². The summed E-state index contributed by atoms with van der Waals surface area (Å²) >= 11 is 0. The fourth-order valence-electron chi connectivity index (χ4n) is 9.47. The number of rotatable bonds is 3. The Kier molecular flexibility index (Phi) is 5.39. The van der Waals surface area contributed by atoms with Gasteiger partial charge < -0.3 is 9.80 Å². The number of allylic oxidation sites excluding steroid dienone is 1. The van der Waals surface area contributed by atoms with Crippen LogP contribution in [0.4, 0.5) is 0 Å². The van der Waals surface area contributed by atoms with Gasteiger partial charge >= 0.3 is 0 Å². The van der Waals surface area contributed by atoms with E-state index in [1.807, 2.05) is 0 Å². The van der Waals surface area contributed by atoms with E-state index in [1.165, 1.54) is 51.5 Å². The lowest BCUT2D eigenvalue weighted by Gasteiger charge is -2.58. The molecule has 0 aromatic carbocycles. The lowest BCUT2D eigenvalue weighted by Crippen LogP contribution is -2.53. The van der Waals surface area contributed by atoms with Crippen LogP contribution in [0.5, 0.6) is 0 Å². The number of fused-ring (bicyclic) bond motifs is 4. The van der Waals surface area contributed by atoms with Gasteiger partial charge in [-0.15, -0.1) is 0 Å². The van der Waals surface area contributed by atoms with Gasteiger partial charge in [0.1, 0.15) is 0 Å². The molecular formula is C28H46N2O. The topological polar surface area (TPSA) is 23.6 Å². The third-order valence-electron chi connectivity index (χ3n) is 11.2. The first-order valence-electron chi connectivity index (χ1n) is 13.3. The predicted molar refractivity (Wildman–Crippen MR) is 128 cm³/mol. The van der Waals surface area contributed by atoms with Crippen molar-refractivity contribution >= 4 is 5.91 Å². The van der Waals surface area contributed by atoms with Gasteiger partial charge in [0.05, 0.1) is 0 Å². The zero-order valence-electron chi connectivity index (χ0n) is 21.0. The molecule has 8 atom stereocenters. The van der Waals surface area contributed by atoms with Crippen molar-refractivity contribution < 1.29 is 4.79 Å². The maximum absolute atomic E-state index is 12.7. The van der Waals surface area contributed by atoms with Crippen LogP contribution in [-0.4, -0.2) is 48.4 Å². The highest BCUT2D eigenvalue weighted by molar-refractivity contribution is 5.76. The summed E-state index contributed by atoms with van der Waals surface area (Å²) in [6, 6.07) is 1.19. The van der Waals surface area contributed by atoms with Crippen LogP contribution >= 0.6 is 0 Å². The lowest BCUT2D eigenvalue weighted by molar-refractivity contribution is -0.133. The number of nitrogens with zero attached hydrogens (tertiary/aromatic N) is 2. The van der Waals surface area contributed by atoms with Crippen molar-refractivity contribution in [2.24, 2.45) is 40.4 Å². The molecule has 1 heterocycles. The number of carbonyl (C=O) groups excluding carboxylic acids is 1. The molecule has 0 bridgehead atoms. The number of likely N-dealkylation sites (tertiary alicyclic amines) is 1. The second-order valence-corrected chi connectivity index (χ2v) is 12.9. The van der Waals surface area contributed by atoms with E-state index in [-0.39, 0.29) is 0 Å². The summed E-state index contributed by atoms with van der Waals surface area (Å²) in [6.45, 7) is 10.8. The second-order valence-electron chi connectivity index (χ2n) is 12.9. The van der Waals surface area contributed by atoms with Gasteiger partial charge in [0.15, 0.2) is 0 Å². The van der Waals surface area contributed by atoms with Crippen LogP contribution in [0.1, 0.15) is 85.5 Å². The molecule has 0 N–H and O–H groups in total. The molecule has 5 rings (SSSR count). The predicted octanol–water partition coefficient (Wildman–Crippen LogP) is 5.75. The average Bonchev–Trinajstić information content (AvgIpc) is 3.20. The molecular weight excluding hydrogens is 380 g/mol. The second kappa shape index (κ2) is 7.61. The van der Waals surface area contributed by atoms with Crippen molar-refractivity contribution in [1.29, 1.82) is 0 Å². The lowest BCUT2D eigenvalue weighted by atomic mass is 9.47. The molecule has 5 aliphatic rings. The van der Waals surface area contributed by atoms with Gasteiger partial charge in [0.2, 0.25) is 5.91 Å². The summed E-state index contributed by atoms with van der Waals surface area (Å²) in [5.74, 6) is 4.46. The van der Waals surface area contributed by atoms with Gasteiger partial charge in [-0.2, -0.15) is 0 Å². The summed E-state index contributed by atoms with van der Waals surface area (Å²) in [5, 5.41) is 0. The van der Waals surface area contributed by atoms with Crippen LogP contribution in [0.15, 0.2) is 11.6 Å². The first-order chi connectivity index (χ1) is 14.7. The molecule has 0 radical (unpaired) electrons. The molecule has 174 valence electrons. The average molecular weight is 427 g/mol. The zero-order chi connectivity index (χ0) is 22.1. The summed E-state index contributed by atoms with van der Waals surface area (Å²) in [6.07, 6.45) is 14.1. The van der Waals surface area contributed by atoms with E-state index in [2.05, 4.69) is 57.7 Å². The highest BCUT2D eigenvalue weighted by Gasteiger charge is 2.64. The Balaban J connectivity index is 1.35. The van der Waals surface area contributed by atoms with E-state index in [0.717, 1.165) is 36.1 Å². The van der Waals surface area contributed by atoms with E-state index < -0.39 is 0 Å². The minimum Gasteiger partial charge on any atom is -0.342 e. The van der Waals surface area contributed by atoms with Crippen molar-refractivity contribution in [2.45, 2.75) is 97.6 Å². The normalized spacial score (nSPS) is 46.7. The maximum Gasteiger partial charge on any atom is 0.222 e. The first kappa shape index (κ1) is 22.0. The minimum atomic E-state index is 0.342. The number of hydrogen-bond donors (Lipinski definition) is 0. The fourth-order valence-corrected chi connectivity index (χ4v) is 9.47. The van der Waals surface area contributed by atoms with E-state index >= 15 is 0 Å². The molecule has 31 heavy (non-hydrogen) atoms. The summed E-state index contributed by atoms with van der Waals surface area (Å²) < 4.78 is 0. The largest absolute Gasteiger partial charge is 0.342 e. The van der Waals surface area contributed by atoms with E-state index in [0.29, 0.717) is 35.1 Å². The van der Waals surface area contributed by atoms with Crippen LogP contribution in [0.25, 0.3) is 0 Å². The Morgan fingerprint density at radius 1 is 1.16 bits per heavy atom. The molecule has 1 unspecified atom stereocenters. The molecule has 1 saturated heterocycles. The van der Waals surface area contributed by atoms with Gasteiger partial charge in [-0.25, -0.2) is 0 Å². The highest BCUT2D eigenvalue weighted by atomic mass is 16.2. The van der Waals surface area contributed by atoms with Crippen molar-refractivity contribution in [2.75, 3.05) is 20.6 Å². The Morgan fingerprint density at radius 2 is 1.90 bits per heavy atom. The molecule has 3 nitrogen and oxygen atoms in total.